The van der Waals surface area contributed by atoms with Crippen LogP contribution in [0.25, 0.3) is 0 Å². The Bertz CT molecular complexity index is 570. The van der Waals surface area contributed by atoms with E-state index in [4.69, 9.17) is 4.74 Å². The summed E-state index contributed by atoms with van der Waals surface area (Å²) in [7, 11) is 0. The number of aliphatic hydroxyl groups excluding tert-OH is 1. The fourth-order valence-corrected chi connectivity index (χ4v) is 2.90. The molecule has 1 aromatic heterocycles. The zero-order valence-electron chi connectivity index (χ0n) is 12.1. The molecule has 1 N–H and O–H groups in total. The summed E-state index contributed by atoms with van der Waals surface area (Å²) in [5, 5.41) is 10.3. The molecule has 2 unspecified atom stereocenters. The molecule has 1 aromatic carbocycles. The zero-order valence-corrected chi connectivity index (χ0v) is 12.1. The van der Waals surface area contributed by atoms with Gasteiger partial charge in [-0.25, -0.2) is 0 Å². The van der Waals surface area contributed by atoms with E-state index in [1.54, 1.807) is 6.20 Å². The lowest BCUT2D eigenvalue weighted by Crippen LogP contribution is -2.21. The summed E-state index contributed by atoms with van der Waals surface area (Å²) in [4.78, 5) is 4.29. The Morgan fingerprint density at radius 1 is 1.19 bits per heavy atom. The first-order valence-corrected chi connectivity index (χ1v) is 7.60. The molecule has 0 bridgehead atoms. The van der Waals surface area contributed by atoms with Crippen molar-refractivity contribution in [3.63, 3.8) is 0 Å². The van der Waals surface area contributed by atoms with Crippen molar-refractivity contribution in [3.05, 3.63) is 65.5 Å². The van der Waals surface area contributed by atoms with E-state index in [1.165, 1.54) is 11.1 Å². The molecule has 0 aliphatic carbocycles. The lowest BCUT2D eigenvalue weighted by atomic mass is 9.93. The van der Waals surface area contributed by atoms with Gasteiger partial charge in [0, 0.05) is 18.3 Å². The predicted molar refractivity (Wildman–Crippen MR) is 82.0 cm³/mol. The third-order valence-corrected chi connectivity index (χ3v) is 4.04. The summed E-state index contributed by atoms with van der Waals surface area (Å²) < 4.78 is 5.85. The van der Waals surface area contributed by atoms with E-state index in [1.807, 2.05) is 24.3 Å². The van der Waals surface area contributed by atoms with Crippen molar-refractivity contribution < 1.29 is 9.84 Å². The third-order valence-electron chi connectivity index (χ3n) is 4.04. The van der Waals surface area contributed by atoms with Gasteiger partial charge in [-0.15, -0.1) is 0 Å². The predicted octanol–water partition coefficient (Wildman–Crippen LogP) is 3.08. The molecule has 0 fully saturated rings. The quantitative estimate of drug-likeness (QED) is 0.917. The average molecular weight is 283 g/mol. The number of hydrogen-bond acceptors (Lipinski definition) is 3. The van der Waals surface area contributed by atoms with Gasteiger partial charge in [0.2, 0.25) is 0 Å². The highest BCUT2D eigenvalue weighted by molar-refractivity contribution is 5.30. The van der Waals surface area contributed by atoms with Gasteiger partial charge in [0.25, 0.3) is 0 Å². The highest BCUT2D eigenvalue weighted by Crippen LogP contribution is 2.31. The van der Waals surface area contributed by atoms with Gasteiger partial charge in [-0.2, -0.15) is 0 Å². The summed E-state index contributed by atoms with van der Waals surface area (Å²) in [5.74, 6) is 0. The molecule has 0 spiro atoms. The maximum absolute atomic E-state index is 10.3. The molecule has 0 radical (unpaired) electrons. The third kappa shape index (κ3) is 3.69. The van der Waals surface area contributed by atoms with Gasteiger partial charge in [-0.1, -0.05) is 30.3 Å². The maximum Gasteiger partial charge on any atom is 0.0852 e. The fraction of sp³-hybridized carbons (Fsp3) is 0.389. The number of hydrogen-bond donors (Lipinski definition) is 1. The number of fused-ring (bicyclic) bond motifs is 1. The minimum absolute atomic E-state index is 0.0219. The minimum Gasteiger partial charge on any atom is -0.393 e. The zero-order chi connectivity index (χ0) is 14.5. The van der Waals surface area contributed by atoms with Crippen molar-refractivity contribution >= 4 is 0 Å². The summed E-state index contributed by atoms with van der Waals surface area (Å²) in [6, 6.07) is 14.3. The highest BCUT2D eigenvalue weighted by Gasteiger charge is 2.23. The Labute approximate surface area is 125 Å². The molecular weight excluding hydrogens is 262 g/mol. The van der Waals surface area contributed by atoms with Gasteiger partial charge >= 0.3 is 0 Å². The van der Waals surface area contributed by atoms with E-state index < -0.39 is 0 Å². The summed E-state index contributed by atoms with van der Waals surface area (Å²) in [6.45, 7) is 0.745. The first-order chi connectivity index (χ1) is 10.3. The Morgan fingerprint density at radius 2 is 2.05 bits per heavy atom. The Kier molecular flexibility index (Phi) is 4.63. The number of pyridine rings is 1. The second-order valence-corrected chi connectivity index (χ2v) is 5.56. The maximum atomic E-state index is 10.3. The van der Waals surface area contributed by atoms with Crippen molar-refractivity contribution in [2.75, 3.05) is 6.61 Å². The standard InChI is InChI=1S/C18H21NO2/c20-16(9-8-15-6-3-4-11-19-15)13-18-17-7-2-1-5-14(17)10-12-21-18/h1-7,11,16,18,20H,8-10,12-13H2. The van der Waals surface area contributed by atoms with Gasteiger partial charge < -0.3 is 9.84 Å². The van der Waals surface area contributed by atoms with Crippen LogP contribution in [0.2, 0.25) is 0 Å². The molecule has 0 amide bonds. The van der Waals surface area contributed by atoms with Gasteiger partial charge in [0.1, 0.15) is 0 Å². The number of ether oxygens (including phenoxy) is 1. The van der Waals surface area contributed by atoms with Gasteiger partial charge in [0.05, 0.1) is 18.8 Å². The average Bonchev–Trinajstić information content (AvgIpc) is 2.54. The van der Waals surface area contributed by atoms with Crippen LogP contribution < -0.4 is 0 Å². The molecule has 2 aromatic rings. The Hall–Kier alpha value is -1.71. The van der Waals surface area contributed by atoms with Crippen LogP contribution in [0.5, 0.6) is 0 Å². The molecule has 3 heteroatoms. The van der Waals surface area contributed by atoms with E-state index >= 15 is 0 Å². The van der Waals surface area contributed by atoms with Crippen LogP contribution in [0.3, 0.4) is 0 Å². The van der Waals surface area contributed by atoms with Crippen LogP contribution in [-0.2, 0) is 17.6 Å². The number of aryl methyl sites for hydroxylation is 1. The summed E-state index contributed by atoms with van der Waals surface area (Å²) in [6.07, 6.45) is 4.61. The van der Waals surface area contributed by atoms with Crippen molar-refractivity contribution in [2.24, 2.45) is 0 Å². The number of benzene rings is 1. The van der Waals surface area contributed by atoms with Crippen molar-refractivity contribution in [1.82, 2.24) is 4.98 Å². The van der Waals surface area contributed by atoms with Gasteiger partial charge in [-0.05, 0) is 42.5 Å². The number of nitrogens with zero attached hydrogens (tertiary/aromatic N) is 1. The molecule has 1 aliphatic rings. The molecule has 2 heterocycles. The minimum atomic E-state index is -0.358. The lowest BCUT2D eigenvalue weighted by molar-refractivity contribution is 0.00258. The molecule has 0 saturated carbocycles. The van der Waals surface area contributed by atoms with Crippen LogP contribution in [0.1, 0.15) is 35.8 Å². The first kappa shape index (κ1) is 14.2. The topological polar surface area (TPSA) is 42.4 Å². The number of aliphatic hydroxyl groups is 1. The number of rotatable bonds is 5. The molecule has 3 nitrogen and oxygen atoms in total. The second kappa shape index (κ2) is 6.83. The molecule has 2 atom stereocenters. The van der Waals surface area contributed by atoms with Crippen molar-refractivity contribution in [2.45, 2.75) is 37.9 Å². The Morgan fingerprint density at radius 3 is 2.90 bits per heavy atom. The van der Waals surface area contributed by atoms with E-state index in [2.05, 4.69) is 23.2 Å². The summed E-state index contributed by atoms with van der Waals surface area (Å²) in [5.41, 5.74) is 3.62. The van der Waals surface area contributed by atoms with Crippen LogP contribution in [0.4, 0.5) is 0 Å². The first-order valence-electron chi connectivity index (χ1n) is 7.60. The van der Waals surface area contributed by atoms with E-state index in [9.17, 15) is 5.11 Å². The smallest absolute Gasteiger partial charge is 0.0852 e. The summed E-state index contributed by atoms with van der Waals surface area (Å²) >= 11 is 0. The lowest BCUT2D eigenvalue weighted by Gasteiger charge is -2.27. The molecule has 3 rings (SSSR count). The monoisotopic (exact) mass is 283 g/mol. The molecule has 0 saturated heterocycles. The van der Waals surface area contributed by atoms with Gasteiger partial charge in [-0.3, -0.25) is 4.98 Å². The van der Waals surface area contributed by atoms with E-state index in [0.29, 0.717) is 6.42 Å². The van der Waals surface area contributed by atoms with Crippen LogP contribution in [0, 0.1) is 0 Å². The van der Waals surface area contributed by atoms with Crippen LogP contribution in [-0.4, -0.2) is 22.8 Å². The van der Waals surface area contributed by atoms with Crippen LogP contribution >= 0.6 is 0 Å². The SMILES string of the molecule is OC(CCc1ccccn1)CC1OCCc2ccccc21. The van der Waals surface area contributed by atoms with Gasteiger partial charge in [0.15, 0.2) is 0 Å². The van der Waals surface area contributed by atoms with Crippen molar-refractivity contribution in [1.29, 1.82) is 0 Å². The van der Waals surface area contributed by atoms with E-state index in [-0.39, 0.29) is 12.2 Å². The molecule has 110 valence electrons. The molecular formula is C18H21NO2. The largest absolute Gasteiger partial charge is 0.393 e. The Balaban J connectivity index is 1.57. The molecule has 21 heavy (non-hydrogen) atoms. The molecule has 1 aliphatic heterocycles. The normalized spacial score (nSPS) is 19.0. The van der Waals surface area contributed by atoms with Crippen molar-refractivity contribution in [3.8, 4) is 0 Å². The van der Waals surface area contributed by atoms with Crippen LogP contribution in [0.15, 0.2) is 48.7 Å². The highest BCUT2D eigenvalue weighted by atomic mass is 16.5. The number of aromatic nitrogens is 1. The second-order valence-electron chi connectivity index (χ2n) is 5.56. The van der Waals surface area contributed by atoms with E-state index in [0.717, 1.165) is 31.6 Å². The fourth-order valence-electron chi connectivity index (χ4n) is 2.90.